The van der Waals surface area contributed by atoms with Crippen LogP contribution in [0.2, 0.25) is 0 Å². The Morgan fingerprint density at radius 3 is 2.72 bits per heavy atom. The highest BCUT2D eigenvalue weighted by Gasteiger charge is 2.08. The Bertz CT molecular complexity index is 940. The highest BCUT2D eigenvalue weighted by atomic mass is 32.1. The zero-order valence-corrected chi connectivity index (χ0v) is 18.6. The smallest absolute Gasteiger partial charge is 0.191 e. The monoisotopic (exact) mass is 409 g/mol. The van der Waals surface area contributed by atoms with E-state index in [9.17, 15) is 0 Å². The molecule has 0 saturated carbocycles. The summed E-state index contributed by atoms with van der Waals surface area (Å²) >= 11 is 1.86. The number of nitrogens with one attached hydrogen (secondary N) is 2. The summed E-state index contributed by atoms with van der Waals surface area (Å²) in [6.07, 6.45) is 4.86. The number of hydrogen-bond acceptors (Lipinski definition) is 3. The highest BCUT2D eigenvalue weighted by Crippen LogP contribution is 2.16. The Labute approximate surface area is 177 Å². The molecule has 1 atom stereocenters. The molecule has 29 heavy (non-hydrogen) atoms. The first-order chi connectivity index (χ1) is 14.0. The van der Waals surface area contributed by atoms with E-state index >= 15 is 0 Å². The zero-order valence-electron chi connectivity index (χ0n) is 17.8. The van der Waals surface area contributed by atoms with Crippen molar-refractivity contribution in [2.24, 2.45) is 4.99 Å². The van der Waals surface area contributed by atoms with Gasteiger partial charge in [-0.25, -0.2) is 9.98 Å². The van der Waals surface area contributed by atoms with Crippen LogP contribution >= 0.6 is 11.3 Å². The molecule has 0 radical (unpaired) electrons. The van der Waals surface area contributed by atoms with Gasteiger partial charge in [-0.2, -0.15) is 0 Å². The number of thiophene rings is 1. The maximum absolute atomic E-state index is 4.80. The van der Waals surface area contributed by atoms with Gasteiger partial charge in [0.2, 0.25) is 0 Å². The molecule has 3 aromatic rings. The summed E-state index contributed by atoms with van der Waals surface area (Å²) in [5.41, 5.74) is 2.47. The average molecular weight is 410 g/mol. The van der Waals surface area contributed by atoms with Crippen molar-refractivity contribution in [3.63, 3.8) is 0 Å². The quantitative estimate of drug-likeness (QED) is 0.431. The van der Waals surface area contributed by atoms with Gasteiger partial charge in [-0.1, -0.05) is 24.3 Å². The number of aryl methyl sites for hydroxylation is 2. The molecule has 0 fully saturated rings. The number of imidazole rings is 1. The lowest BCUT2D eigenvalue weighted by Gasteiger charge is -2.17. The van der Waals surface area contributed by atoms with Gasteiger partial charge in [0, 0.05) is 47.7 Å². The van der Waals surface area contributed by atoms with E-state index in [-0.39, 0.29) is 0 Å². The average Bonchev–Trinajstić information content (AvgIpc) is 3.28. The third-order valence-corrected chi connectivity index (χ3v) is 5.74. The van der Waals surface area contributed by atoms with E-state index in [4.69, 9.17) is 4.99 Å². The third-order valence-electron chi connectivity index (χ3n) is 4.72. The molecular weight excluding hydrogens is 378 g/mol. The first-order valence-electron chi connectivity index (χ1n) is 10.2. The number of rotatable bonds is 8. The maximum atomic E-state index is 4.80. The van der Waals surface area contributed by atoms with Gasteiger partial charge in [0.1, 0.15) is 5.82 Å². The largest absolute Gasteiger partial charge is 0.357 e. The molecule has 3 rings (SSSR count). The van der Waals surface area contributed by atoms with E-state index in [1.165, 1.54) is 20.9 Å². The molecule has 0 spiro atoms. The van der Waals surface area contributed by atoms with Gasteiger partial charge in [0.15, 0.2) is 5.96 Å². The van der Waals surface area contributed by atoms with E-state index in [0.717, 1.165) is 31.3 Å². The van der Waals surface area contributed by atoms with Crippen LogP contribution in [0, 0.1) is 13.8 Å². The van der Waals surface area contributed by atoms with Crippen LogP contribution < -0.4 is 10.6 Å². The second-order valence-corrected chi connectivity index (χ2v) is 8.75. The van der Waals surface area contributed by atoms with Crippen molar-refractivity contribution in [2.45, 2.75) is 53.2 Å². The predicted octanol–water partition coefficient (Wildman–Crippen LogP) is 4.30. The number of guanidine groups is 1. The molecule has 154 valence electrons. The molecular formula is C23H31N5S. The summed E-state index contributed by atoms with van der Waals surface area (Å²) in [6, 6.07) is 13.3. The first-order valence-corrected chi connectivity index (χ1v) is 11.0. The molecule has 1 unspecified atom stereocenters. The molecule has 2 N–H and O–H groups in total. The maximum Gasteiger partial charge on any atom is 0.191 e. The minimum absolute atomic E-state index is 0.321. The number of benzene rings is 1. The summed E-state index contributed by atoms with van der Waals surface area (Å²) in [5, 5.41) is 6.90. The molecule has 2 aromatic heterocycles. The van der Waals surface area contributed by atoms with Crippen LogP contribution in [0.4, 0.5) is 0 Å². The third kappa shape index (κ3) is 6.46. The standard InChI is InChI=1S/C23H31N5S/c1-5-24-23(27-17(2)13-22-10-9-18(3)29-22)26-15-20-7-6-8-21(14-20)16-28-12-11-25-19(28)4/h6-12,14,17H,5,13,15-16H2,1-4H3,(H2,24,26,27). The van der Waals surface area contributed by atoms with E-state index in [1.807, 2.05) is 30.7 Å². The van der Waals surface area contributed by atoms with Gasteiger partial charge >= 0.3 is 0 Å². The summed E-state index contributed by atoms with van der Waals surface area (Å²) in [7, 11) is 0. The van der Waals surface area contributed by atoms with E-state index in [1.54, 1.807) is 0 Å². The van der Waals surface area contributed by atoms with E-state index < -0.39 is 0 Å². The van der Waals surface area contributed by atoms with Crippen LogP contribution in [-0.2, 0) is 19.5 Å². The second-order valence-electron chi connectivity index (χ2n) is 7.38. The van der Waals surface area contributed by atoms with Crippen LogP contribution in [0.25, 0.3) is 0 Å². The molecule has 0 amide bonds. The molecule has 0 aliphatic heterocycles. The summed E-state index contributed by atoms with van der Waals surface area (Å²) in [5.74, 6) is 1.89. The Balaban J connectivity index is 1.61. The number of aromatic nitrogens is 2. The predicted molar refractivity (Wildman–Crippen MR) is 123 cm³/mol. The molecule has 1 aromatic carbocycles. The summed E-state index contributed by atoms with van der Waals surface area (Å²) < 4.78 is 2.15. The summed E-state index contributed by atoms with van der Waals surface area (Å²) in [4.78, 5) is 11.9. The lowest BCUT2D eigenvalue weighted by Crippen LogP contribution is -2.43. The fourth-order valence-electron chi connectivity index (χ4n) is 3.27. The fourth-order valence-corrected chi connectivity index (χ4v) is 4.28. The Hall–Kier alpha value is -2.60. The van der Waals surface area contributed by atoms with Gasteiger partial charge in [-0.05, 0) is 51.0 Å². The van der Waals surface area contributed by atoms with Gasteiger partial charge in [0.25, 0.3) is 0 Å². The van der Waals surface area contributed by atoms with Crippen molar-refractivity contribution in [1.29, 1.82) is 0 Å². The minimum Gasteiger partial charge on any atom is -0.357 e. The minimum atomic E-state index is 0.321. The Morgan fingerprint density at radius 1 is 1.21 bits per heavy atom. The molecule has 2 heterocycles. The van der Waals surface area contributed by atoms with E-state index in [2.05, 4.69) is 77.4 Å². The van der Waals surface area contributed by atoms with Crippen LogP contribution in [0.5, 0.6) is 0 Å². The Morgan fingerprint density at radius 2 is 2.03 bits per heavy atom. The first kappa shape index (κ1) is 21.1. The van der Waals surface area contributed by atoms with Crippen LogP contribution in [0.15, 0.2) is 53.8 Å². The van der Waals surface area contributed by atoms with Gasteiger partial charge in [0.05, 0.1) is 6.54 Å². The molecule has 0 saturated heterocycles. The van der Waals surface area contributed by atoms with Crippen molar-refractivity contribution in [3.05, 3.63) is 75.5 Å². The number of aliphatic imine (C=N–C) groups is 1. The molecule has 0 aliphatic carbocycles. The highest BCUT2D eigenvalue weighted by molar-refractivity contribution is 7.11. The van der Waals surface area contributed by atoms with Crippen LogP contribution in [-0.4, -0.2) is 28.1 Å². The molecule has 0 aliphatic rings. The topological polar surface area (TPSA) is 54.2 Å². The van der Waals surface area contributed by atoms with Crippen molar-refractivity contribution < 1.29 is 0 Å². The molecule has 6 heteroatoms. The fraction of sp³-hybridized carbons (Fsp3) is 0.391. The lowest BCUT2D eigenvalue weighted by molar-refractivity contribution is 0.645. The Kier molecular flexibility index (Phi) is 7.47. The SMILES string of the molecule is CCNC(=NCc1cccc(Cn2ccnc2C)c1)NC(C)Cc1ccc(C)s1. The van der Waals surface area contributed by atoms with Gasteiger partial charge < -0.3 is 15.2 Å². The van der Waals surface area contributed by atoms with Crippen molar-refractivity contribution in [1.82, 2.24) is 20.2 Å². The normalized spacial score (nSPS) is 12.8. The zero-order chi connectivity index (χ0) is 20.6. The number of nitrogens with zero attached hydrogens (tertiary/aromatic N) is 3. The number of hydrogen-bond donors (Lipinski definition) is 2. The van der Waals surface area contributed by atoms with Gasteiger partial charge in [-0.15, -0.1) is 11.3 Å². The van der Waals surface area contributed by atoms with E-state index in [0.29, 0.717) is 12.6 Å². The van der Waals surface area contributed by atoms with Crippen molar-refractivity contribution in [3.8, 4) is 0 Å². The second kappa shape index (κ2) is 10.3. The lowest BCUT2D eigenvalue weighted by atomic mass is 10.1. The van der Waals surface area contributed by atoms with Crippen LogP contribution in [0.1, 0.15) is 40.6 Å². The molecule has 5 nitrogen and oxygen atoms in total. The molecule has 0 bridgehead atoms. The van der Waals surface area contributed by atoms with Gasteiger partial charge in [-0.3, -0.25) is 0 Å². The summed E-state index contributed by atoms with van der Waals surface area (Å²) in [6.45, 7) is 10.8. The van der Waals surface area contributed by atoms with Crippen molar-refractivity contribution in [2.75, 3.05) is 6.54 Å². The van der Waals surface area contributed by atoms with Crippen LogP contribution in [0.3, 0.4) is 0 Å². The van der Waals surface area contributed by atoms with Crippen molar-refractivity contribution >= 4 is 17.3 Å².